The third-order valence-corrected chi connectivity index (χ3v) is 4.05. The van der Waals surface area contributed by atoms with Gasteiger partial charge in [-0.05, 0) is 29.8 Å². The first-order valence-electron chi connectivity index (χ1n) is 6.50. The molecule has 0 aromatic heterocycles. The van der Waals surface area contributed by atoms with Gasteiger partial charge in [-0.15, -0.1) is 0 Å². The zero-order valence-electron chi connectivity index (χ0n) is 12.0. The maximum absolute atomic E-state index is 13.6. The number of nitrogens with zero attached hydrogens (tertiary/aromatic N) is 1. The van der Waals surface area contributed by atoms with E-state index in [2.05, 4.69) is 5.32 Å². The zero-order chi connectivity index (χ0) is 17.9. The van der Waals surface area contributed by atoms with E-state index in [-0.39, 0.29) is 10.5 Å². The lowest BCUT2D eigenvalue weighted by atomic mass is 10.1. The van der Waals surface area contributed by atoms with Crippen LogP contribution in [0.4, 0.5) is 8.78 Å². The molecular formula is C15H11F2N3O3S. The van der Waals surface area contributed by atoms with Crippen molar-refractivity contribution in [3.05, 3.63) is 65.2 Å². The number of rotatable bonds is 4. The van der Waals surface area contributed by atoms with Crippen molar-refractivity contribution in [1.82, 2.24) is 5.32 Å². The highest BCUT2D eigenvalue weighted by Gasteiger charge is 2.19. The van der Waals surface area contributed by atoms with Crippen LogP contribution in [0.1, 0.15) is 22.0 Å². The number of nitrogens with one attached hydrogen (secondary N) is 1. The van der Waals surface area contributed by atoms with Crippen LogP contribution < -0.4 is 10.5 Å². The minimum absolute atomic E-state index is 0.154. The first-order chi connectivity index (χ1) is 11.2. The fraction of sp³-hybridized carbons (Fsp3) is 0.0667. The van der Waals surface area contributed by atoms with Gasteiger partial charge in [0.25, 0.3) is 5.91 Å². The summed E-state index contributed by atoms with van der Waals surface area (Å²) in [5, 5.41) is 16.4. The van der Waals surface area contributed by atoms with Gasteiger partial charge in [0, 0.05) is 6.07 Å². The number of carbonyl (C=O) groups is 1. The Morgan fingerprint density at radius 3 is 2.29 bits per heavy atom. The van der Waals surface area contributed by atoms with Crippen LogP contribution in [0.5, 0.6) is 0 Å². The van der Waals surface area contributed by atoms with Crippen LogP contribution in [0.3, 0.4) is 0 Å². The molecule has 0 saturated carbocycles. The lowest BCUT2D eigenvalue weighted by Crippen LogP contribution is -2.28. The normalized spacial score (nSPS) is 12.2. The fourth-order valence-corrected chi connectivity index (χ4v) is 2.44. The smallest absolute Gasteiger partial charge is 0.255 e. The van der Waals surface area contributed by atoms with Crippen molar-refractivity contribution < 1.29 is 22.0 Å². The molecule has 2 rings (SSSR count). The predicted octanol–water partition coefficient (Wildman–Crippen LogP) is 1.61. The highest BCUT2D eigenvalue weighted by atomic mass is 32.2. The SMILES string of the molecule is N#CC(NC(=O)c1ccc(F)cc1F)c1ccc(S(N)(=O)=O)cc1. The van der Waals surface area contributed by atoms with Gasteiger partial charge in [-0.2, -0.15) is 5.26 Å². The Bertz CT molecular complexity index is 922. The maximum atomic E-state index is 13.6. The molecule has 0 saturated heterocycles. The van der Waals surface area contributed by atoms with Crippen LogP contribution in [0.15, 0.2) is 47.4 Å². The molecule has 9 heteroatoms. The topological polar surface area (TPSA) is 113 Å². The van der Waals surface area contributed by atoms with Crippen LogP contribution in [0, 0.1) is 23.0 Å². The van der Waals surface area contributed by atoms with Crippen LogP contribution in [-0.2, 0) is 10.0 Å². The summed E-state index contributed by atoms with van der Waals surface area (Å²) in [7, 11) is -3.88. The summed E-state index contributed by atoms with van der Waals surface area (Å²) in [6.07, 6.45) is 0. The molecule has 0 bridgehead atoms. The molecule has 0 fully saturated rings. The van der Waals surface area contributed by atoms with Crippen LogP contribution in [0.2, 0.25) is 0 Å². The van der Waals surface area contributed by atoms with E-state index in [4.69, 9.17) is 10.4 Å². The predicted molar refractivity (Wildman–Crippen MR) is 80.0 cm³/mol. The summed E-state index contributed by atoms with van der Waals surface area (Å²) in [5.74, 6) is -2.80. The molecule has 1 unspecified atom stereocenters. The maximum Gasteiger partial charge on any atom is 0.255 e. The Kier molecular flexibility index (Phi) is 4.92. The molecule has 24 heavy (non-hydrogen) atoms. The third kappa shape index (κ3) is 3.92. The first kappa shape index (κ1) is 17.5. The number of benzene rings is 2. The van der Waals surface area contributed by atoms with Gasteiger partial charge in [0.15, 0.2) is 0 Å². The fourth-order valence-electron chi connectivity index (χ4n) is 1.92. The summed E-state index contributed by atoms with van der Waals surface area (Å²) < 4.78 is 48.8. The Labute approximate surface area is 136 Å². The number of sulfonamides is 1. The average molecular weight is 351 g/mol. The number of amides is 1. The monoisotopic (exact) mass is 351 g/mol. The van der Waals surface area contributed by atoms with E-state index in [0.29, 0.717) is 6.07 Å². The minimum Gasteiger partial charge on any atom is -0.332 e. The molecule has 0 aliphatic heterocycles. The van der Waals surface area contributed by atoms with Gasteiger partial charge in [-0.3, -0.25) is 4.79 Å². The molecule has 1 amide bonds. The van der Waals surface area contributed by atoms with Crippen molar-refractivity contribution in [3.8, 4) is 6.07 Å². The highest BCUT2D eigenvalue weighted by molar-refractivity contribution is 7.89. The number of nitrogens with two attached hydrogens (primary N) is 1. The van der Waals surface area contributed by atoms with Crippen molar-refractivity contribution in [3.63, 3.8) is 0 Å². The van der Waals surface area contributed by atoms with E-state index in [0.717, 1.165) is 12.1 Å². The Morgan fingerprint density at radius 2 is 1.79 bits per heavy atom. The minimum atomic E-state index is -3.88. The molecule has 124 valence electrons. The number of carbonyl (C=O) groups excluding carboxylic acids is 1. The standard InChI is InChI=1S/C15H11F2N3O3S/c16-10-3-6-12(13(17)7-10)15(21)20-14(8-18)9-1-4-11(5-2-9)24(19,22)23/h1-7,14H,(H,20,21)(H2,19,22,23). The first-order valence-corrected chi connectivity index (χ1v) is 8.05. The largest absolute Gasteiger partial charge is 0.332 e. The molecular weight excluding hydrogens is 340 g/mol. The average Bonchev–Trinajstić information content (AvgIpc) is 2.51. The molecule has 0 spiro atoms. The van der Waals surface area contributed by atoms with E-state index in [1.807, 2.05) is 0 Å². The molecule has 6 nitrogen and oxygen atoms in total. The second-order valence-corrected chi connectivity index (χ2v) is 6.34. The number of halogens is 2. The van der Waals surface area contributed by atoms with Gasteiger partial charge >= 0.3 is 0 Å². The van der Waals surface area contributed by atoms with Gasteiger partial charge in [0.05, 0.1) is 16.5 Å². The van der Waals surface area contributed by atoms with Crippen LogP contribution in [-0.4, -0.2) is 14.3 Å². The second-order valence-electron chi connectivity index (χ2n) is 4.77. The van der Waals surface area contributed by atoms with Gasteiger partial charge < -0.3 is 5.32 Å². The summed E-state index contributed by atoms with van der Waals surface area (Å²) in [6, 6.07) is 8.03. The summed E-state index contributed by atoms with van der Waals surface area (Å²) in [6.45, 7) is 0. The Hall–Kier alpha value is -2.83. The molecule has 0 aliphatic carbocycles. The highest BCUT2D eigenvalue weighted by Crippen LogP contribution is 2.17. The van der Waals surface area contributed by atoms with E-state index < -0.39 is 39.2 Å². The molecule has 2 aromatic rings. The van der Waals surface area contributed by atoms with Crippen molar-refractivity contribution in [2.75, 3.05) is 0 Å². The van der Waals surface area contributed by atoms with Crippen molar-refractivity contribution in [2.24, 2.45) is 5.14 Å². The summed E-state index contributed by atoms with van der Waals surface area (Å²) in [5.41, 5.74) is -0.140. The Morgan fingerprint density at radius 1 is 1.17 bits per heavy atom. The zero-order valence-corrected chi connectivity index (χ0v) is 12.8. The number of nitriles is 1. The number of primary sulfonamides is 1. The third-order valence-electron chi connectivity index (χ3n) is 3.12. The van der Waals surface area contributed by atoms with Crippen molar-refractivity contribution in [2.45, 2.75) is 10.9 Å². The molecule has 0 aliphatic rings. The van der Waals surface area contributed by atoms with Gasteiger partial charge in [-0.1, -0.05) is 12.1 Å². The van der Waals surface area contributed by atoms with E-state index in [9.17, 15) is 22.0 Å². The van der Waals surface area contributed by atoms with Gasteiger partial charge in [0.1, 0.15) is 17.7 Å². The van der Waals surface area contributed by atoms with Crippen molar-refractivity contribution >= 4 is 15.9 Å². The molecule has 3 N–H and O–H groups in total. The quantitative estimate of drug-likeness (QED) is 0.871. The lowest BCUT2D eigenvalue weighted by molar-refractivity contribution is 0.0941. The van der Waals surface area contributed by atoms with Crippen molar-refractivity contribution in [1.29, 1.82) is 5.26 Å². The van der Waals surface area contributed by atoms with Crippen LogP contribution in [0.25, 0.3) is 0 Å². The lowest BCUT2D eigenvalue weighted by Gasteiger charge is -2.13. The molecule has 2 aromatic carbocycles. The van der Waals surface area contributed by atoms with E-state index in [1.165, 1.54) is 24.3 Å². The van der Waals surface area contributed by atoms with Gasteiger partial charge in [0.2, 0.25) is 10.0 Å². The summed E-state index contributed by atoms with van der Waals surface area (Å²) >= 11 is 0. The molecule has 0 radical (unpaired) electrons. The Balaban J connectivity index is 2.23. The van der Waals surface area contributed by atoms with E-state index in [1.54, 1.807) is 6.07 Å². The molecule has 0 heterocycles. The second kappa shape index (κ2) is 6.74. The van der Waals surface area contributed by atoms with E-state index >= 15 is 0 Å². The molecule has 1 atom stereocenters. The van der Waals surface area contributed by atoms with Gasteiger partial charge in [-0.25, -0.2) is 22.3 Å². The number of hydrogen-bond donors (Lipinski definition) is 2. The summed E-state index contributed by atoms with van der Waals surface area (Å²) in [4.78, 5) is 11.9. The van der Waals surface area contributed by atoms with Crippen LogP contribution >= 0.6 is 0 Å². The number of hydrogen-bond acceptors (Lipinski definition) is 4.